The lowest BCUT2D eigenvalue weighted by atomic mass is 9.99. The van der Waals surface area contributed by atoms with Gasteiger partial charge in [0.15, 0.2) is 0 Å². The number of ether oxygens (including phenoxy) is 2. The molecule has 0 radical (unpaired) electrons. The molecule has 1 aromatic rings. The van der Waals surface area contributed by atoms with Crippen LogP contribution in [0.5, 0.6) is 0 Å². The Morgan fingerprint density at radius 3 is 2.33 bits per heavy atom. The van der Waals surface area contributed by atoms with Crippen molar-refractivity contribution in [1.82, 2.24) is 0 Å². The average Bonchev–Trinajstić information content (AvgIpc) is 2.56. The molecule has 0 aliphatic carbocycles. The molecule has 5 atom stereocenters. The normalized spacial score (nSPS) is 30.9. The molecule has 0 amide bonds. The third-order valence-electron chi connectivity index (χ3n) is 3.47. The second kappa shape index (κ2) is 7.93. The van der Waals surface area contributed by atoms with Crippen LogP contribution < -0.4 is 0 Å². The van der Waals surface area contributed by atoms with Crippen LogP contribution in [0.25, 0.3) is 6.08 Å². The lowest BCUT2D eigenvalue weighted by Gasteiger charge is -2.39. The lowest BCUT2D eigenvalue weighted by Crippen LogP contribution is -2.59. The Hall–Kier alpha value is -1.68. The number of hydrogen-bond donors (Lipinski definition) is 5. The summed E-state index contributed by atoms with van der Waals surface area (Å²) in [5.74, 6) is -1.98. The number of halogens is 1. The van der Waals surface area contributed by atoms with E-state index in [1.165, 1.54) is 6.08 Å². The van der Waals surface area contributed by atoms with E-state index >= 15 is 0 Å². The second-order valence-corrected chi connectivity index (χ2v) is 5.62. The molecule has 0 aromatic heterocycles. The van der Waals surface area contributed by atoms with Crippen molar-refractivity contribution in [3.05, 3.63) is 40.6 Å². The predicted octanol–water partition coefficient (Wildman–Crippen LogP) is -0.418. The Morgan fingerprint density at radius 1 is 1.17 bits per heavy atom. The van der Waals surface area contributed by atoms with Gasteiger partial charge in [-0.25, -0.2) is 4.79 Å². The third kappa shape index (κ3) is 4.23. The summed E-state index contributed by atoms with van der Waals surface area (Å²) in [5, 5.41) is 48.1. The maximum absolute atomic E-state index is 11.3. The molecule has 1 saturated heterocycles. The minimum atomic E-state index is -1.70. The average molecular weight is 361 g/mol. The molecule has 0 unspecified atom stereocenters. The zero-order chi connectivity index (χ0) is 17.9. The topological polar surface area (TPSA) is 137 Å². The van der Waals surface area contributed by atoms with Crippen LogP contribution in [0.2, 0.25) is 5.02 Å². The third-order valence-corrected chi connectivity index (χ3v) is 3.72. The molecule has 2 rings (SSSR count). The quantitative estimate of drug-likeness (QED) is 0.353. The first-order valence-electron chi connectivity index (χ1n) is 7.01. The van der Waals surface area contributed by atoms with Crippen molar-refractivity contribution in [3.8, 4) is 0 Å². The number of aliphatic hydroxyl groups is 4. The number of carboxylic acid groups (broad SMARTS) is 1. The van der Waals surface area contributed by atoms with Crippen molar-refractivity contribution in [2.24, 2.45) is 0 Å². The predicted molar refractivity (Wildman–Crippen MR) is 81.9 cm³/mol. The zero-order valence-electron chi connectivity index (χ0n) is 12.3. The van der Waals surface area contributed by atoms with Gasteiger partial charge in [0.2, 0.25) is 12.0 Å². The monoisotopic (exact) mass is 360 g/mol. The molecule has 132 valence electrons. The molecule has 1 aliphatic rings. The van der Waals surface area contributed by atoms with Crippen molar-refractivity contribution in [1.29, 1.82) is 0 Å². The van der Waals surface area contributed by atoms with Gasteiger partial charge in [-0.15, -0.1) is 0 Å². The van der Waals surface area contributed by atoms with Crippen molar-refractivity contribution in [2.75, 3.05) is 6.61 Å². The highest BCUT2D eigenvalue weighted by molar-refractivity contribution is 6.30. The van der Waals surface area contributed by atoms with Gasteiger partial charge in [-0.05, 0) is 23.8 Å². The van der Waals surface area contributed by atoms with Crippen LogP contribution in [0.1, 0.15) is 5.56 Å². The first-order chi connectivity index (χ1) is 11.3. The van der Waals surface area contributed by atoms with E-state index in [0.29, 0.717) is 10.6 Å². The molecule has 1 fully saturated rings. The summed E-state index contributed by atoms with van der Waals surface area (Å²) in [6, 6.07) is 6.23. The summed E-state index contributed by atoms with van der Waals surface area (Å²) in [6.45, 7) is -0.645. The second-order valence-electron chi connectivity index (χ2n) is 5.18. The number of hydrogen-bond acceptors (Lipinski definition) is 7. The van der Waals surface area contributed by atoms with Gasteiger partial charge in [-0.3, -0.25) is 0 Å². The van der Waals surface area contributed by atoms with Crippen LogP contribution in [-0.2, 0) is 14.3 Å². The van der Waals surface area contributed by atoms with Crippen molar-refractivity contribution in [3.63, 3.8) is 0 Å². The number of aliphatic carboxylic acids is 1. The van der Waals surface area contributed by atoms with E-state index in [9.17, 15) is 25.2 Å². The Morgan fingerprint density at radius 2 is 1.79 bits per heavy atom. The molecule has 1 aliphatic heterocycles. The summed E-state index contributed by atoms with van der Waals surface area (Å²) in [6.07, 6.45) is -6.50. The highest BCUT2D eigenvalue weighted by Crippen LogP contribution is 2.24. The van der Waals surface area contributed by atoms with E-state index in [-0.39, 0.29) is 0 Å². The molecule has 1 heterocycles. The molecular weight excluding hydrogens is 344 g/mol. The standard InChI is InChI=1S/C15H17ClO8/c16-8-3-1-7(2-4-8)5-9(14(21)22)23-15-13(20)12(19)11(18)10(6-17)24-15/h1-5,10-13,15,17-20H,6H2,(H,21,22)/b9-5-/t10-,11-,12+,13-,15-/m0/s1. The highest BCUT2D eigenvalue weighted by atomic mass is 35.5. The molecule has 0 saturated carbocycles. The largest absolute Gasteiger partial charge is 0.475 e. The van der Waals surface area contributed by atoms with E-state index in [0.717, 1.165) is 0 Å². The van der Waals surface area contributed by atoms with Crippen LogP contribution in [-0.4, -0.2) is 68.8 Å². The lowest BCUT2D eigenvalue weighted by molar-refractivity contribution is -0.291. The van der Waals surface area contributed by atoms with Gasteiger partial charge in [0.1, 0.15) is 24.4 Å². The van der Waals surface area contributed by atoms with Gasteiger partial charge in [0, 0.05) is 5.02 Å². The zero-order valence-corrected chi connectivity index (χ0v) is 13.1. The molecule has 0 bridgehead atoms. The molecule has 24 heavy (non-hydrogen) atoms. The Bertz CT molecular complexity index is 600. The van der Waals surface area contributed by atoms with Gasteiger partial charge in [-0.1, -0.05) is 23.7 Å². The summed E-state index contributed by atoms with van der Waals surface area (Å²) in [7, 11) is 0. The fourth-order valence-corrected chi connectivity index (χ4v) is 2.27. The van der Waals surface area contributed by atoms with Crippen molar-refractivity contribution < 1.29 is 39.8 Å². The van der Waals surface area contributed by atoms with Gasteiger partial charge in [-0.2, -0.15) is 0 Å². The maximum atomic E-state index is 11.3. The smallest absolute Gasteiger partial charge is 0.371 e. The Balaban J connectivity index is 2.20. The van der Waals surface area contributed by atoms with Crippen LogP contribution in [0.15, 0.2) is 30.0 Å². The molecule has 5 N–H and O–H groups in total. The SMILES string of the molecule is O=C(O)/C(=C/c1ccc(Cl)cc1)O[C@H]1O[C@@H](CO)[C@H](O)[C@@H](O)[C@@H]1O. The highest BCUT2D eigenvalue weighted by Gasteiger charge is 2.45. The van der Waals surface area contributed by atoms with Gasteiger partial charge >= 0.3 is 5.97 Å². The van der Waals surface area contributed by atoms with E-state index in [4.69, 9.17) is 26.2 Å². The van der Waals surface area contributed by atoms with E-state index in [2.05, 4.69) is 0 Å². The summed E-state index contributed by atoms with van der Waals surface area (Å²) in [5.41, 5.74) is 0.474. The fourth-order valence-electron chi connectivity index (χ4n) is 2.15. The van der Waals surface area contributed by atoms with Crippen LogP contribution in [0.3, 0.4) is 0 Å². The minimum Gasteiger partial charge on any atom is -0.475 e. The number of carboxylic acids is 1. The number of aliphatic hydroxyl groups excluding tert-OH is 4. The van der Waals surface area contributed by atoms with Crippen molar-refractivity contribution in [2.45, 2.75) is 30.7 Å². The number of benzene rings is 1. The molecular formula is C15H17ClO8. The first kappa shape index (κ1) is 18.7. The minimum absolute atomic E-state index is 0.471. The van der Waals surface area contributed by atoms with E-state index < -0.39 is 49.0 Å². The Kier molecular flexibility index (Phi) is 6.16. The summed E-state index contributed by atoms with van der Waals surface area (Å²) < 4.78 is 10.2. The van der Waals surface area contributed by atoms with Crippen molar-refractivity contribution >= 4 is 23.6 Å². The summed E-state index contributed by atoms with van der Waals surface area (Å²) >= 11 is 5.75. The van der Waals surface area contributed by atoms with Gasteiger partial charge in [0.05, 0.1) is 6.61 Å². The first-order valence-corrected chi connectivity index (χ1v) is 7.39. The van der Waals surface area contributed by atoms with E-state index in [1.807, 2.05) is 0 Å². The van der Waals surface area contributed by atoms with Crippen LogP contribution in [0.4, 0.5) is 0 Å². The Labute approximate surface area is 142 Å². The maximum Gasteiger partial charge on any atom is 0.371 e. The van der Waals surface area contributed by atoms with Crippen LogP contribution in [0, 0.1) is 0 Å². The molecule has 9 heteroatoms. The van der Waals surface area contributed by atoms with Gasteiger partial charge < -0.3 is 35.0 Å². The molecule has 0 spiro atoms. The number of carbonyl (C=O) groups is 1. The van der Waals surface area contributed by atoms with Gasteiger partial charge in [0.25, 0.3) is 0 Å². The molecule has 1 aromatic carbocycles. The number of rotatable bonds is 5. The van der Waals surface area contributed by atoms with Crippen LogP contribution >= 0.6 is 11.6 Å². The summed E-state index contributed by atoms with van der Waals surface area (Å²) in [4.78, 5) is 11.3. The molecule has 8 nitrogen and oxygen atoms in total. The van der Waals surface area contributed by atoms with E-state index in [1.54, 1.807) is 24.3 Å². The fraction of sp³-hybridized carbons (Fsp3) is 0.400.